The molecule has 29 heavy (non-hydrogen) atoms. The number of nitrogens with zero attached hydrogens (tertiary/aromatic N) is 2. The molecule has 0 radical (unpaired) electrons. The number of benzene rings is 2. The van der Waals surface area contributed by atoms with Crippen LogP contribution in [0.25, 0.3) is 0 Å². The zero-order valence-corrected chi connectivity index (χ0v) is 15.9. The van der Waals surface area contributed by atoms with Crippen molar-refractivity contribution in [2.45, 2.75) is 18.3 Å². The topological polar surface area (TPSA) is 87.2 Å². The highest BCUT2D eigenvalue weighted by atomic mass is 16.5. The number of carboxylic acids is 1. The molecule has 7 nitrogen and oxygen atoms in total. The molecule has 2 aromatic carbocycles. The number of carboxylic acid groups (broad SMARTS) is 1. The first kappa shape index (κ1) is 19.0. The number of carbonyl (C=O) groups excluding carboxylic acids is 2. The van der Waals surface area contributed by atoms with E-state index in [1.165, 1.54) is 4.90 Å². The fourth-order valence-electron chi connectivity index (χ4n) is 4.08. The second kappa shape index (κ2) is 7.58. The molecule has 0 unspecified atom stereocenters. The third kappa shape index (κ3) is 3.44. The van der Waals surface area contributed by atoms with Crippen molar-refractivity contribution in [1.82, 2.24) is 4.90 Å². The van der Waals surface area contributed by atoms with E-state index in [2.05, 4.69) is 0 Å². The van der Waals surface area contributed by atoms with E-state index in [0.29, 0.717) is 37.4 Å². The minimum Gasteiger partial charge on any atom is -0.482 e. The molecule has 0 spiro atoms. The number of likely N-dealkylation sites (tertiary alicyclic amines) is 1. The molecular formula is C22H22N2O5. The molecule has 0 saturated carbocycles. The van der Waals surface area contributed by atoms with Crippen molar-refractivity contribution >= 4 is 23.5 Å². The zero-order chi connectivity index (χ0) is 20.4. The Hall–Kier alpha value is -3.35. The van der Waals surface area contributed by atoms with Crippen molar-refractivity contribution in [2.24, 2.45) is 0 Å². The maximum atomic E-state index is 12.9. The number of rotatable bonds is 4. The summed E-state index contributed by atoms with van der Waals surface area (Å²) in [7, 11) is 0. The van der Waals surface area contributed by atoms with Gasteiger partial charge in [0.15, 0.2) is 6.61 Å². The van der Waals surface area contributed by atoms with Crippen LogP contribution in [-0.4, -0.2) is 54.0 Å². The van der Waals surface area contributed by atoms with Crippen LogP contribution in [0.5, 0.6) is 5.75 Å². The molecule has 150 valence electrons. The van der Waals surface area contributed by atoms with Crippen molar-refractivity contribution in [3.05, 3.63) is 60.2 Å². The van der Waals surface area contributed by atoms with Crippen LogP contribution in [0.2, 0.25) is 0 Å². The molecule has 1 saturated heterocycles. The summed E-state index contributed by atoms with van der Waals surface area (Å²) in [4.78, 5) is 40.4. The number of anilines is 1. The molecule has 1 N–H and O–H groups in total. The van der Waals surface area contributed by atoms with E-state index >= 15 is 0 Å². The Morgan fingerprint density at radius 1 is 1.00 bits per heavy atom. The van der Waals surface area contributed by atoms with E-state index in [4.69, 9.17) is 4.74 Å². The van der Waals surface area contributed by atoms with Gasteiger partial charge in [-0.2, -0.15) is 0 Å². The average molecular weight is 394 g/mol. The predicted molar refractivity (Wildman–Crippen MR) is 106 cm³/mol. The first-order valence-corrected chi connectivity index (χ1v) is 9.60. The minimum absolute atomic E-state index is 0.0788. The van der Waals surface area contributed by atoms with Crippen LogP contribution in [0.15, 0.2) is 54.6 Å². The van der Waals surface area contributed by atoms with Crippen LogP contribution in [0, 0.1) is 0 Å². The Morgan fingerprint density at radius 3 is 2.34 bits per heavy atom. The lowest BCUT2D eigenvalue weighted by Crippen LogP contribution is -2.52. The van der Waals surface area contributed by atoms with E-state index < -0.39 is 11.4 Å². The number of fused-ring (bicyclic) bond motifs is 1. The van der Waals surface area contributed by atoms with Crippen molar-refractivity contribution in [2.75, 3.05) is 31.1 Å². The number of ether oxygens (including phenoxy) is 1. The van der Waals surface area contributed by atoms with Gasteiger partial charge in [-0.3, -0.25) is 19.3 Å². The lowest BCUT2D eigenvalue weighted by Gasteiger charge is -2.40. The van der Waals surface area contributed by atoms with Gasteiger partial charge < -0.3 is 14.7 Å². The third-order valence-electron chi connectivity index (χ3n) is 5.81. The first-order valence-electron chi connectivity index (χ1n) is 9.60. The van der Waals surface area contributed by atoms with Gasteiger partial charge in [0.05, 0.1) is 11.1 Å². The summed E-state index contributed by atoms with van der Waals surface area (Å²) < 4.78 is 5.41. The molecule has 4 rings (SSSR count). The average Bonchev–Trinajstić information content (AvgIpc) is 2.76. The molecule has 0 aromatic heterocycles. The maximum Gasteiger partial charge on any atom is 0.314 e. The van der Waals surface area contributed by atoms with Gasteiger partial charge in [0, 0.05) is 13.1 Å². The zero-order valence-electron chi connectivity index (χ0n) is 15.9. The predicted octanol–water partition coefficient (Wildman–Crippen LogP) is 2.06. The highest BCUT2D eigenvalue weighted by Gasteiger charge is 2.44. The number of piperidine rings is 1. The number of hydrogen-bond donors (Lipinski definition) is 1. The van der Waals surface area contributed by atoms with E-state index in [1.54, 1.807) is 23.1 Å². The molecule has 2 amide bonds. The van der Waals surface area contributed by atoms with Crippen molar-refractivity contribution in [3.8, 4) is 5.75 Å². The normalized spacial score (nSPS) is 18.0. The quantitative estimate of drug-likeness (QED) is 0.858. The van der Waals surface area contributed by atoms with Crippen LogP contribution in [0.3, 0.4) is 0 Å². The summed E-state index contributed by atoms with van der Waals surface area (Å²) in [6.07, 6.45) is 0.678. The standard InChI is InChI=1S/C22H22N2O5/c25-19(14-24-17-8-4-5-9-18(17)29-15-20(24)26)23-12-10-22(11-13-23,21(27)28)16-6-2-1-3-7-16/h1-9H,10-15H2,(H,27,28). The van der Waals surface area contributed by atoms with Gasteiger partial charge in [0.2, 0.25) is 5.91 Å². The highest BCUT2D eigenvalue weighted by molar-refractivity contribution is 6.02. The van der Waals surface area contributed by atoms with E-state index in [0.717, 1.165) is 5.56 Å². The van der Waals surface area contributed by atoms with Crippen LogP contribution in [0.1, 0.15) is 18.4 Å². The summed E-state index contributed by atoms with van der Waals surface area (Å²) in [5.74, 6) is -0.749. The van der Waals surface area contributed by atoms with E-state index in [9.17, 15) is 19.5 Å². The van der Waals surface area contributed by atoms with Crippen molar-refractivity contribution < 1.29 is 24.2 Å². The van der Waals surface area contributed by atoms with Crippen LogP contribution in [0.4, 0.5) is 5.69 Å². The van der Waals surface area contributed by atoms with E-state index in [1.807, 2.05) is 36.4 Å². The highest BCUT2D eigenvalue weighted by Crippen LogP contribution is 2.36. The number of carbonyl (C=O) groups is 3. The number of hydrogen-bond acceptors (Lipinski definition) is 4. The Bertz CT molecular complexity index is 935. The SMILES string of the molecule is O=C(CN1C(=O)COc2ccccc21)N1CCC(C(=O)O)(c2ccccc2)CC1. The fourth-order valence-corrected chi connectivity index (χ4v) is 4.08. The summed E-state index contributed by atoms with van der Waals surface area (Å²) in [6, 6.07) is 16.3. The molecule has 2 aliphatic heterocycles. The Morgan fingerprint density at radius 2 is 1.66 bits per heavy atom. The van der Waals surface area contributed by atoms with Gasteiger partial charge in [0.25, 0.3) is 5.91 Å². The Kier molecular flexibility index (Phi) is 4.96. The third-order valence-corrected chi connectivity index (χ3v) is 5.81. The summed E-state index contributed by atoms with van der Waals surface area (Å²) in [5, 5.41) is 9.90. The molecule has 7 heteroatoms. The van der Waals surface area contributed by atoms with Gasteiger partial charge in [-0.15, -0.1) is 0 Å². The van der Waals surface area contributed by atoms with Crippen LogP contribution >= 0.6 is 0 Å². The smallest absolute Gasteiger partial charge is 0.314 e. The summed E-state index contributed by atoms with van der Waals surface area (Å²) >= 11 is 0. The van der Waals surface area contributed by atoms with Crippen LogP contribution < -0.4 is 9.64 Å². The maximum absolute atomic E-state index is 12.9. The second-order valence-electron chi connectivity index (χ2n) is 7.37. The Labute approximate surface area is 168 Å². The molecule has 2 aromatic rings. The molecule has 0 atom stereocenters. The number of para-hydroxylation sites is 2. The molecule has 0 bridgehead atoms. The minimum atomic E-state index is -0.987. The largest absolute Gasteiger partial charge is 0.482 e. The van der Waals surface area contributed by atoms with Crippen molar-refractivity contribution in [3.63, 3.8) is 0 Å². The fraction of sp³-hybridized carbons (Fsp3) is 0.318. The van der Waals surface area contributed by atoms with Gasteiger partial charge in [-0.05, 0) is 30.5 Å². The first-order chi connectivity index (χ1) is 14.0. The molecule has 2 heterocycles. The molecule has 2 aliphatic rings. The lowest BCUT2D eigenvalue weighted by atomic mass is 9.73. The number of aliphatic carboxylic acids is 1. The monoisotopic (exact) mass is 394 g/mol. The lowest BCUT2D eigenvalue weighted by molar-refractivity contribution is -0.148. The van der Waals surface area contributed by atoms with E-state index in [-0.39, 0.29) is 25.0 Å². The van der Waals surface area contributed by atoms with Gasteiger partial charge in [0.1, 0.15) is 12.3 Å². The second-order valence-corrected chi connectivity index (χ2v) is 7.37. The molecule has 0 aliphatic carbocycles. The molecule has 1 fully saturated rings. The molecular weight excluding hydrogens is 372 g/mol. The number of amides is 2. The van der Waals surface area contributed by atoms with Gasteiger partial charge in [-0.25, -0.2) is 0 Å². The Balaban J connectivity index is 1.47. The van der Waals surface area contributed by atoms with Gasteiger partial charge >= 0.3 is 5.97 Å². The summed E-state index contributed by atoms with van der Waals surface area (Å²) in [6.45, 7) is 0.492. The summed E-state index contributed by atoms with van der Waals surface area (Å²) in [5.41, 5.74) is 0.356. The van der Waals surface area contributed by atoms with Gasteiger partial charge in [-0.1, -0.05) is 42.5 Å². The van der Waals surface area contributed by atoms with Crippen molar-refractivity contribution in [1.29, 1.82) is 0 Å². The van der Waals surface area contributed by atoms with Crippen LogP contribution in [-0.2, 0) is 19.8 Å².